The number of carbonyl (C=O) groups is 1. The molecule has 0 saturated carbocycles. The van der Waals surface area contributed by atoms with Gasteiger partial charge in [-0.15, -0.1) is 0 Å². The molecule has 0 aromatic heterocycles. The number of methoxy groups -OCH3 is 1. The highest BCUT2D eigenvalue weighted by atomic mass is 16.5. The topological polar surface area (TPSA) is 32.8 Å². The van der Waals surface area contributed by atoms with Crippen LogP contribution in [-0.2, 0) is 0 Å². The van der Waals surface area contributed by atoms with Gasteiger partial charge in [-0.2, -0.15) is 0 Å². The van der Waals surface area contributed by atoms with Crippen molar-refractivity contribution in [2.75, 3.05) is 25.6 Å². The SMILES string of the molecule is COc1ccccc1C(=O)N(c1cccc(C2CCCN2C)c1)C(C)(C)C. The molecule has 1 atom stereocenters. The average Bonchev–Trinajstić information content (AvgIpc) is 3.07. The lowest BCUT2D eigenvalue weighted by atomic mass is 9.99. The fraction of sp³-hybridized carbons (Fsp3) is 0.435. The summed E-state index contributed by atoms with van der Waals surface area (Å²) in [7, 11) is 3.77. The van der Waals surface area contributed by atoms with E-state index in [1.54, 1.807) is 7.11 Å². The number of carbonyl (C=O) groups excluding carboxylic acids is 1. The van der Waals surface area contributed by atoms with Crippen LogP contribution in [0.15, 0.2) is 48.5 Å². The minimum atomic E-state index is -0.363. The number of hydrogen-bond acceptors (Lipinski definition) is 3. The monoisotopic (exact) mass is 366 g/mol. The number of likely N-dealkylation sites (tertiary alicyclic amines) is 1. The van der Waals surface area contributed by atoms with E-state index in [9.17, 15) is 4.79 Å². The van der Waals surface area contributed by atoms with Crippen LogP contribution in [0.1, 0.15) is 55.6 Å². The number of amides is 1. The molecular formula is C23H30N2O2. The van der Waals surface area contributed by atoms with E-state index in [0.717, 1.165) is 18.7 Å². The summed E-state index contributed by atoms with van der Waals surface area (Å²) in [5.74, 6) is 0.556. The zero-order valence-corrected chi connectivity index (χ0v) is 17.0. The molecule has 1 amide bonds. The molecule has 1 aliphatic rings. The van der Waals surface area contributed by atoms with Crippen LogP contribution < -0.4 is 9.64 Å². The number of rotatable bonds is 4. The highest BCUT2D eigenvalue weighted by Gasteiger charge is 2.31. The van der Waals surface area contributed by atoms with E-state index >= 15 is 0 Å². The molecule has 1 saturated heterocycles. The predicted octanol–water partition coefficient (Wildman–Crippen LogP) is 4.91. The molecule has 144 valence electrons. The lowest BCUT2D eigenvalue weighted by molar-refractivity contribution is 0.0963. The maximum atomic E-state index is 13.5. The first-order valence-corrected chi connectivity index (χ1v) is 9.60. The molecule has 1 unspecified atom stereocenters. The highest BCUT2D eigenvalue weighted by molar-refractivity contribution is 6.08. The largest absolute Gasteiger partial charge is 0.496 e. The third kappa shape index (κ3) is 4.01. The molecule has 4 heteroatoms. The van der Waals surface area contributed by atoms with Gasteiger partial charge in [0, 0.05) is 17.3 Å². The van der Waals surface area contributed by atoms with E-state index in [4.69, 9.17) is 4.74 Å². The standard InChI is InChI=1S/C23H30N2O2/c1-23(2,3)25(22(26)19-12-6-7-14-21(19)27-5)18-11-8-10-17(16-18)20-13-9-15-24(20)4/h6-8,10-12,14,16,20H,9,13,15H2,1-5H3. The Labute approximate surface area is 162 Å². The van der Waals surface area contributed by atoms with Gasteiger partial charge in [0.15, 0.2) is 0 Å². The van der Waals surface area contributed by atoms with E-state index in [1.165, 1.54) is 12.0 Å². The Morgan fingerprint density at radius 1 is 1.15 bits per heavy atom. The second-order valence-electron chi connectivity index (χ2n) is 8.25. The van der Waals surface area contributed by atoms with E-state index in [2.05, 4.69) is 50.9 Å². The Morgan fingerprint density at radius 2 is 1.89 bits per heavy atom. The summed E-state index contributed by atoms with van der Waals surface area (Å²) < 4.78 is 5.43. The van der Waals surface area contributed by atoms with Crippen molar-refractivity contribution in [2.45, 2.75) is 45.2 Å². The van der Waals surface area contributed by atoms with E-state index in [-0.39, 0.29) is 11.4 Å². The fourth-order valence-corrected chi connectivity index (χ4v) is 3.95. The minimum absolute atomic E-state index is 0.0446. The molecular weight excluding hydrogens is 336 g/mol. The summed E-state index contributed by atoms with van der Waals surface area (Å²) in [6.07, 6.45) is 2.38. The van der Waals surface area contributed by atoms with Crippen LogP contribution in [0.2, 0.25) is 0 Å². The molecule has 0 radical (unpaired) electrons. The van der Waals surface area contributed by atoms with Crippen LogP contribution >= 0.6 is 0 Å². The summed E-state index contributed by atoms with van der Waals surface area (Å²) in [6.45, 7) is 7.32. The van der Waals surface area contributed by atoms with Crippen LogP contribution in [0.3, 0.4) is 0 Å². The second kappa shape index (κ2) is 7.73. The summed E-state index contributed by atoms with van der Waals surface area (Å²) in [5, 5.41) is 0. The van der Waals surface area contributed by atoms with Crippen LogP contribution in [0.4, 0.5) is 5.69 Å². The highest BCUT2D eigenvalue weighted by Crippen LogP contribution is 2.35. The second-order valence-corrected chi connectivity index (χ2v) is 8.25. The molecule has 27 heavy (non-hydrogen) atoms. The Morgan fingerprint density at radius 3 is 2.52 bits per heavy atom. The Bertz CT molecular complexity index is 810. The maximum absolute atomic E-state index is 13.5. The lowest BCUT2D eigenvalue weighted by Gasteiger charge is -2.36. The zero-order chi connectivity index (χ0) is 19.6. The van der Waals surface area contributed by atoms with Crippen molar-refractivity contribution in [3.05, 3.63) is 59.7 Å². The van der Waals surface area contributed by atoms with E-state index in [1.807, 2.05) is 35.2 Å². The van der Waals surface area contributed by atoms with Crippen LogP contribution in [-0.4, -0.2) is 37.0 Å². The minimum Gasteiger partial charge on any atom is -0.496 e. The van der Waals surface area contributed by atoms with Crippen molar-refractivity contribution in [1.82, 2.24) is 4.90 Å². The van der Waals surface area contributed by atoms with Crippen molar-refractivity contribution in [2.24, 2.45) is 0 Å². The van der Waals surface area contributed by atoms with Crippen LogP contribution in [0, 0.1) is 0 Å². The molecule has 0 spiro atoms. The Kier molecular flexibility index (Phi) is 5.56. The Hall–Kier alpha value is -2.33. The molecule has 0 bridgehead atoms. The number of anilines is 1. The zero-order valence-electron chi connectivity index (χ0n) is 17.0. The molecule has 4 nitrogen and oxygen atoms in total. The average molecular weight is 367 g/mol. The summed E-state index contributed by atoms with van der Waals surface area (Å²) in [4.78, 5) is 17.8. The number of benzene rings is 2. The fourth-order valence-electron chi connectivity index (χ4n) is 3.95. The van der Waals surface area contributed by atoms with Crippen molar-refractivity contribution < 1.29 is 9.53 Å². The first-order valence-electron chi connectivity index (χ1n) is 9.60. The van der Waals surface area contributed by atoms with E-state index in [0.29, 0.717) is 17.4 Å². The van der Waals surface area contributed by atoms with Gasteiger partial charge in [0.1, 0.15) is 5.75 Å². The molecule has 1 aliphatic heterocycles. The van der Waals surface area contributed by atoms with Gasteiger partial charge < -0.3 is 9.64 Å². The number of para-hydroxylation sites is 1. The summed E-state index contributed by atoms with van der Waals surface area (Å²) in [5.41, 5.74) is 2.42. The van der Waals surface area contributed by atoms with E-state index < -0.39 is 0 Å². The first kappa shape index (κ1) is 19.4. The number of nitrogens with zero attached hydrogens (tertiary/aromatic N) is 2. The van der Waals surface area contributed by atoms with Gasteiger partial charge in [0.2, 0.25) is 0 Å². The van der Waals surface area contributed by atoms with Gasteiger partial charge in [0.25, 0.3) is 5.91 Å². The third-order valence-electron chi connectivity index (χ3n) is 5.24. The van der Waals surface area contributed by atoms with Gasteiger partial charge >= 0.3 is 0 Å². The molecule has 1 fully saturated rings. The van der Waals surface area contributed by atoms with Crippen molar-refractivity contribution in [3.63, 3.8) is 0 Å². The van der Waals surface area contributed by atoms with Crippen LogP contribution in [0.5, 0.6) is 5.75 Å². The predicted molar refractivity (Wildman–Crippen MR) is 111 cm³/mol. The van der Waals surface area contributed by atoms with Crippen molar-refractivity contribution in [1.29, 1.82) is 0 Å². The van der Waals surface area contributed by atoms with Crippen molar-refractivity contribution >= 4 is 11.6 Å². The lowest BCUT2D eigenvalue weighted by Crippen LogP contribution is -2.46. The molecule has 2 aromatic rings. The molecule has 3 rings (SSSR count). The van der Waals surface area contributed by atoms with Gasteiger partial charge in [-0.05, 0) is 77.0 Å². The molecule has 2 aromatic carbocycles. The number of ether oxygens (including phenoxy) is 1. The first-order chi connectivity index (χ1) is 12.8. The number of hydrogen-bond donors (Lipinski definition) is 0. The molecule has 0 N–H and O–H groups in total. The van der Waals surface area contributed by atoms with Crippen LogP contribution in [0.25, 0.3) is 0 Å². The smallest absolute Gasteiger partial charge is 0.262 e. The maximum Gasteiger partial charge on any atom is 0.262 e. The molecule has 1 heterocycles. The third-order valence-corrected chi connectivity index (χ3v) is 5.24. The summed E-state index contributed by atoms with van der Waals surface area (Å²) in [6, 6.07) is 16.3. The Balaban J connectivity index is 2.02. The van der Waals surface area contributed by atoms with Gasteiger partial charge in [0.05, 0.1) is 12.7 Å². The van der Waals surface area contributed by atoms with Gasteiger partial charge in [-0.25, -0.2) is 0 Å². The molecule has 0 aliphatic carbocycles. The van der Waals surface area contributed by atoms with Crippen molar-refractivity contribution in [3.8, 4) is 5.75 Å². The quantitative estimate of drug-likeness (QED) is 0.771. The van der Waals surface area contributed by atoms with Gasteiger partial charge in [-0.3, -0.25) is 9.69 Å². The normalized spacial score (nSPS) is 17.7. The van der Waals surface area contributed by atoms with Gasteiger partial charge in [-0.1, -0.05) is 24.3 Å². The summed E-state index contributed by atoms with van der Waals surface area (Å²) >= 11 is 0.